The molecule has 0 radical (unpaired) electrons. The molecule has 0 bridgehead atoms. The Morgan fingerprint density at radius 1 is 1.12 bits per heavy atom. The van der Waals surface area contributed by atoms with Crippen LogP contribution < -0.4 is 5.19 Å². The second-order valence-electron chi connectivity index (χ2n) is 3.25. The highest BCUT2D eigenvalue weighted by atomic mass is 28.4. The van der Waals surface area contributed by atoms with E-state index >= 15 is 0 Å². The molecule has 0 saturated heterocycles. The van der Waals surface area contributed by atoms with Crippen molar-refractivity contribution in [1.29, 1.82) is 0 Å². The summed E-state index contributed by atoms with van der Waals surface area (Å²) in [5.41, 5.74) is 9.16. The molecule has 0 heterocycles. The lowest BCUT2D eigenvalue weighted by atomic mass is 10.2. The molecule has 0 saturated carbocycles. The van der Waals surface area contributed by atoms with Crippen molar-refractivity contribution in [3.05, 3.63) is 40.3 Å². The third kappa shape index (κ3) is 3.06. The third-order valence-electron chi connectivity index (χ3n) is 2.43. The van der Waals surface area contributed by atoms with Crippen molar-refractivity contribution < 1.29 is 13.3 Å². The molecule has 0 amide bonds. The highest BCUT2D eigenvalue weighted by Gasteiger charge is 2.40. The summed E-state index contributed by atoms with van der Waals surface area (Å²) < 4.78 is 16.1. The zero-order chi connectivity index (χ0) is 12.7. The minimum absolute atomic E-state index is 0.332. The smallest absolute Gasteiger partial charge is 0.373 e. The fourth-order valence-corrected chi connectivity index (χ4v) is 3.31. The molecule has 0 N–H and O–H groups in total. The quantitative estimate of drug-likeness (QED) is 0.334. The molecule has 0 aliphatic carbocycles. The number of hydrogen-bond acceptors (Lipinski definition) is 4. The molecule has 0 aliphatic heterocycles. The SMILES string of the molecule is CO[Si](OC)(OC)c1ccc(CN=[N+]=[N-])cc1. The van der Waals surface area contributed by atoms with Gasteiger partial charge in [-0.2, -0.15) is 0 Å². The lowest BCUT2D eigenvalue weighted by Crippen LogP contribution is -2.54. The monoisotopic (exact) mass is 253 g/mol. The van der Waals surface area contributed by atoms with Crippen LogP contribution in [0.3, 0.4) is 0 Å². The Labute approximate surface area is 101 Å². The summed E-state index contributed by atoms with van der Waals surface area (Å²) in [5.74, 6) is 0. The van der Waals surface area contributed by atoms with E-state index < -0.39 is 8.80 Å². The molecule has 0 fully saturated rings. The molecule has 1 aromatic rings. The van der Waals surface area contributed by atoms with E-state index in [0.29, 0.717) is 6.54 Å². The van der Waals surface area contributed by atoms with Gasteiger partial charge in [-0.1, -0.05) is 29.4 Å². The van der Waals surface area contributed by atoms with Crippen LogP contribution in [0.4, 0.5) is 0 Å². The average molecular weight is 253 g/mol. The van der Waals surface area contributed by atoms with Crippen molar-refractivity contribution in [3.8, 4) is 0 Å². The molecule has 0 spiro atoms. The van der Waals surface area contributed by atoms with Crippen molar-refractivity contribution in [2.24, 2.45) is 5.11 Å². The van der Waals surface area contributed by atoms with E-state index in [1.54, 1.807) is 21.3 Å². The van der Waals surface area contributed by atoms with Crippen LogP contribution >= 0.6 is 0 Å². The number of benzene rings is 1. The maximum atomic E-state index is 8.23. The van der Waals surface area contributed by atoms with Gasteiger partial charge in [0.05, 0.1) is 6.54 Å². The van der Waals surface area contributed by atoms with Gasteiger partial charge in [-0.15, -0.1) is 0 Å². The molecule has 0 unspecified atom stereocenters. The lowest BCUT2D eigenvalue weighted by Gasteiger charge is -2.24. The van der Waals surface area contributed by atoms with Gasteiger partial charge in [0.2, 0.25) is 0 Å². The molecular formula is C10H15N3O3Si. The topological polar surface area (TPSA) is 76.5 Å². The molecule has 1 rings (SSSR count). The minimum atomic E-state index is -2.75. The maximum absolute atomic E-state index is 8.23. The van der Waals surface area contributed by atoms with Crippen molar-refractivity contribution in [1.82, 2.24) is 0 Å². The Kier molecular flexibility index (Phi) is 5.14. The molecule has 17 heavy (non-hydrogen) atoms. The highest BCUT2D eigenvalue weighted by Crippen LogP contribution is 2.08. The zero-order valence-corrected chi connectivity index (χ0v) is 11.1. The normalized spacial score (nSPS) is 11.0. The summed E-state index contributed by atoms with van der Waals surface area (Å²) in [6.45, 7) is 0.332. The highest BCUT2D eigenvalue weighted by molar-refractivity contribution is 6.75. The average Bonchev–Trinajstić information content (AvgIpc) is 2.40. The predicted octanol–water partition coefficient (Wildman–Crippen LogP) is 1.58. The van der Waals surface area contributed by atoms with Crippen LogP contribution in [0.25, 0.3) is 10.4 Å². The van der Waals surface area contributed by atoms with Crippen molar-refractivity contribution >= 4 is 14.0 Å². The van der Waals surface area contributed by atoms with Gasteiger partial charge in [0, 0.05) is 31.4 Å². The van der Waals surface area contributed by atoms with E-state index in [1.165, 1.54) is 0 Å². The summed E-state index contributed by atoms with van der Waals surface area (Å²) >= 11 is 0. The van der Waals surface area contributed by atoms with Crippen LogP contribution in [0.5, 0.6) is 0 Å². The van der Waals surface area contributed by atoms with Gasteiger partial charge >= 0.3 is 8.80 Å². The number of nitrogens with zero attached hydrogens (tertiary/aromatic N) is 3. The number of hydrogen-bond donors (Lipinski definition) is 0. The van der Waals surface area contributed by atoms with Gasteiger partial charge in [-0.25, -0.2) is 0 Å². The predicted molar refractivity (Wildman–Crippen MR) is 65.7 cm³/mol. The molecule has 7 heteroatoms. The standard InChI is InChI=1S/C10H15N3O3Si/c1-14-17(15-2,16-3)10-6-4-9(5-7-10)8-12-13-11/h4-7H,8H2,1-3H3. The van der Waals surface area contributed by atoms with E-state index in [9.17, 15) is 0 Å². The third-order valence-corrected chi connectivity index (χ3v) is 5.08. The van der Waals surface area contributed by atoms with E-state index in [1.807, 2.05) is 24.3 Å². The van der Waals surface area contributed by atoms with Crippen molar-refractivity contribution in [2.45, 2.75) is 6.54 Å². The molecule has 1 aromatic carbocycles. The van der Waals surface area contributed by atoms with Crippen molar-refractivity contribution in [2.75, 3.05) is 21.3 Å². The minimum Gasteiger partial charge on any atom is -0.373 e. The summed E-state index contributed by atoms with van der Waals surface area (Å²) in [6, 6.07) is 7.46. The van der Waals surface area contributed by atoms with E-state index in [2.05, 4.69) is 10.0 Å². The maximum Gasteiger partial charge on any atom is 0.536 e. The van der Waals surface area contributed by atoms with Crippen LogP contribution in [0.2, 0.25) is 0 Å². The number of rotatable bonds is 6. The Morgan fingerprint density at radius 2 is 1.65 bits per heavy atom. The van der Waals surface area contributed by atoms with Crippen LogP contribution in [-0.4, -0.2) is 30.1 Å². The fourth-order valence-electron chi connectivity index (χ4n) is 1.53. The van der Waals surface area contributed by atoms with Crippen LogP contribution in [0.1, 0.15) is 5.56 Å². The second-order valence-corrected chi connectivity index (χ2v) is 6.17. The first-order chi connectivity index (χ1) is 8.22. The Balaban J connectivity index is 2.95. The molecule has 92 valence electrons. The Bertz CT molecular complexity index is 391. The molecule has 0 aliphatic rings. The Hall–Kier alpha value is -1.37. The summed E-state index contributed by atoms with van der Waals surface area (Å²) in [7, 11) is 1.94. The van der Waals surface area contributed by atoms with Gasteiger partial charge in [0.1, 0.15) is 0 Å². The summed E-state index contributed by atoms with van der Waals surface area (Å²) in [6.07, 6.45) is 0. The second kappa shape index (κ2) is 6.38. The fraction of sp³-hybridized carbons (Fsp3) is 0.400. The van der Waals surface area contributed by atoms with Crippen LogP contribution in [0, 0.1) is 0 Å². The molecule has 0 aromatic heterocycles. The van der Waals surface area contributed by atoms with Gasteiger partial charge < -0.3 is 13.3 Å². The van der Waals surface area contributed by atoms with E-state index in [0.717, 1.165) is 10.8 Å². The molecule has 6 nitrogen and oxygen atoms in total. The largest absolute Gasteiger partial charge is 0.536 e. The van der Waals surface area contributed by atoms with Gasteiger partial charge in [0.15, 0.2) is 0 Å². The first-order valence-corrected chi connectivity index (χ1v) is 6.70. The lowest BCUT2D eigenvalue weighted by molar-refractivity contribution is 0.140. The first kappa shape index (κ1) is 13.7. The van der Waals surface area contributed by atoms with Gasteiger partial charge in [-0.3, -0.25) is 0 Å². The zero-order valence-electron chi connectivity index (χ0n) is 10.1. The van der Waals surface area contributed by atoms with E-state index in [-0.39, 0.29) is 0 Å². The summed E-state index contributed by atoms with van der Waals surface area (Å²) in [5, 5.41) is 4.36. The summed E-state index contributed by atoms with van der Waals surface area (Å²) in [4.78, 5) is 2.71. The van der Waals surface area contributed by atoms with Crippen LogP contribution in [0.15, 0.2) is 29.4 Å². The van der Waals surface area contributed by atoms with Crippen LogP contribution in [-0.2, 0) is 19.8 Å². The first-order valence-electron chi connectivity index (χ1n) is 4.98. The molecule has 0 atom stereocenters. The Morgan fingerprint density at radius 3 is 2.06 bits per heavy atom. The van der Waals surface area contributed by atoms with Gasteiger partial charge in [-0.05, 0) is 11.1 Å². The van der Waals surface area contributed by atoms with E-state index in [4.69, 9.17) is 18.8 Å². The molecular weight excluding hydrogens is 238 g/mol. The van der Waals surface area contributed by atoms with Gasteiger partial charge in [0.25, 0.3) is 0 Å². The number of azide groups is 1. The van der Waals surface area contributed by atoms with Crippen molar-refractivity contribution in [3.63, 3.8) is 0 Å².